The molecule has 0 bridgehead atoms. The van der Waals surface area contributed by atoms with Crippen LogP contribution in [-0.4, -0.2) is 27.9 Å². The van der Waals surface area contributed by atoms with E-state index >= 15 is 0 Å². The monoisotopic (exact) mass is 235 g/mol. The Balaban J connectivity index is 1.86. The Hall–Kier alpha value is -2.18. The lowest BCUT2D eigenvalue weighted by molar-refractivity contribution is -0.145. The summed E-state index contributed by atoms with van der Waals surface area (Å²) >= 11 is 0. The molecule has 1 saturated carbocycles. The highest BCUT2D eigenvalue weighted by atomic mass is 16.5. The largest absolute Gasteiger partial charge is 0.359 e. The van der Waals surface area contributed by atoms with Gasteiger partial charge in [0.2, 0.25) is 11.8 Å². The second-order valence-electron chi connectivity index (χ2n) is 4.21. The molecule has 0 aromatic carbocycles. The molecular formula is C10H9N3O4. The van der Waals surface area contributed by atoms with Gasteiger partial charge in [-0.1, -0.05) is 5.16 Å². The summed E-state index contributed by atoms with van der Waals surface area (Å²) in [6.07, 6.45) is 2.43. The molecule has 7 nitrogen and oxygen atoms in total. The van der Waals surface area contributed by atoms with E-state index in [0.717, 1.165) is 4.90 Å². The van der Waals surface area contributed by atoms with Crippen LogP contribution in [0.1, 0.15) is 18.6 Å². The van der Waals surface area contributed by atoms with Crippen molar-refractivity contribution in [2.75, 3.05) is 0 Å². The number of nitrogens with zero attached hydrogens (tertiary/aromatic N) is 2. The van der Waals surface area contributed by atoms with Crippen LogP contribution in [0.5, 0.6) is 0 Å². The van der Waals surface area contributed by atoms with Gasteiger partial charge < -0.3 is 4.52 Å². The highest BCUT2D eigenvalue weighted by Gasteiger charge is 2.62. The molecule has 1 spiro atoms. The Morgan fingerprint density at radius 2 is 2.18 bits per heavy atom. The first kappa shape index (κ1) is 10.0. The molecule has 3 rings (SSSR count). The van der Waals surface area contributed by atoms with Gasteiger partial charge in [-0.15, -0.1) is 0 Å². The molecular weight excluding hydrogens is 226 g/mol. The SMILES string of the molecule is O=C1NC(=O)C2(CC2)C(=O)N1Cc1ccno1. The van der Waals surface area contributed by atoms with Crippen molar-refractivity contribution in [3.63, 3.8) is 0 Å². The number of hydrogen-bond acceptors (Lipinski definition) is 5. The number of aromatic nitrogens is 1. The number of imide groups is 2. The first-order chi connectivity index (χ1) is 8.13. The van der Waals surface area contributed by atoms with Crippen LogP contribution in [0.3, 0.4) is 0 Å². The Morgan fingerprint density at radius 3 is 2.76 bits per heavy atom. The van der Waals surface area contributed by atoms with Crippen molar-refractivity contribution in [3.8, 4) is 0 Å². The predicted octanol–water partition coefficient (Wildman–Crippen LogP) is 0.0332. The molecule has 0 atom stereocenters. The summed E-state index contributed by atoms with van der Waals surface area (Å²) in [5, 5.41) is 5.68. The molecule has 7 heteroatoms. The van der Waals surface area contributed by atoms with Gasteiger partial charge in [0.15, 0.2) is 5.76 Å². The van der Waals surface area contributed by atoms with Crippen molar-refractivity contribution in [2.24, 2.45) is 5.41 Å². The van der Waals surface area contributed by atoms with Gasteiger partial charge in [0.05, 0.1) is 12.7 Å². The molecule has 1 aromatic heterocycles. The van der Waals surface area contributed by atoms with Gasteiger partial charge in [-0.2, -0.15) is 0 Å². The summed E-state index contributed by atoms with van der Waals surface area (Å²) in [6, 6.07) is 0.866. The van der Waals surface area contributed by atoms with Crippen LogP contribution >= 0.6 is 0 Å². The van der Waals surface area contributed by atoms with Gasteiger partial charge in [-0.25, -0.2) is 4.79 Å². The smallest absolute Gasteiger partial charge is 0.331 e. The average molecular weight is 235 g/mol. The van der Waals surface area contributed by atoms with Crippen LogP contribution in [0.25, 0.3) is 0 Å². The quantitative estimate of drug-likeness (QED) is 0.730. The summed E-state index contributed by atoms with van der Waals surface area (Å²) in [6.45, 7) is -0.000301. The van der Waals surface area contributed by atoms with Crippen molar-refractivity contribution in [1.82, 2.24) is 15.4 Å². The van der Waals surface area contributed by atoms with Gasteiger partial charge in [0.25, 0.3) is 0 Å². The molecule has 1 aliphatic heterocycles. The Labute approximate surface area is 95.7 Å². The fraction of sp³-hybridized carbons (Fsp3) is 0.400. The molecule has 0 radical (unpaired) electrons. The van der Waals surface area contributed by atoms with Crippen LogP contribution in [-0.2, 0) is 16.1 Å². The molecule has 1 aromatic rings. The van der Waals surface area contributed by atoms with Gasteiger partial charge in [0.1, 0.15) is 5.41 Å². The van der Waals surface area contributed by atoms with E-state index < -0.39 is 23.3 Å². The van der Waals surface area contributed by atoms with E-state index in [0.29, 0.717) is 18.6 Å². The summed E-state index contributed by atoms with van der Waals surface area (Å²) in [7, 11) is 0. The number of carbonyl (C=O) groups excluding carboxylic acids is 3. The standard InChI is InChI=1S/C10H9N3O4/c14-7-10(2-3-10)8(15)13(9(16)12-7)5-6-1-4-11-17-6/h1,4H,2-3,5H2,(H,12,14,16). The number of barbiturate groups is 1. The van der Waals surface area contributed by atoms with Gasteiger partial charge >= 0.3 is 6.03 Å². The zero-order valence-corrected chi connectivity index (χ0v) is 8.80. The van der Waals surface area contributed by atoms with E-state index in [2.05, 4.69) is 10.5 Å². The summed E-state index contributed by atoms with van der Waals surface area (Å²) in [5.74, 6) is -0.525. The first-order valence-corrected chi connectivity index (χ1v) is 5.20. The lowest BCUT2D eigenvalue weighted by Crippen LogP contribution is -2.58. The number of rotatable bonds is 2. The summed E-state index contributed by atoms with van der Waals surface area (Å²) < 4.78 is 4.84. The van der Waals surface area contributed by atoms with E-state index in [1.54, 1.807) is 6.07 Å². The highest BCUT2D eigenvalue weighted by Crippen LogP contribution is 2.49. The van der Waals surface area contributed by atoms with Crippen LogP contribution in [0.2, 0.25) is 0 Å². The fourth-order valence-corrected chi connectivity index (χ4v) is 1.92. The highest BCUT2D eigenvalue weighted by molar-refractivity contribution is 6.20. The van der Waals surface area contributed by atoms with Crippen LogP contribution in [0.15, 0.2) is 16.8 Å². The number of nitrogens with one attached hydrogen (secondary N) is 1. The van der Waals surface area contributed by atoms with Crippen LogP contribution in [0, 0.1) is 5.41 Å². The third kappa shape index (κ3) is 1.35. The summed E-state index contributed by atoms with van der Waals surface area (Å²) in [5.41, 5.74) is -1.01. The maximum absolute atomic E-state index is 12.0. The average Bonchev–Trinajstić information content (AvgIpc) is 2.95. The second-order valence-corrected chi connectivity index (χ2v) is 4.21. The number of amides is 4. The van der Waals surface area contributed by atoms with E-state index in [9.17, 15) is 14.4 Å². The molecule has 0 unspecified atom stereocenters. The number of hydrogen-bond donors (Lipinski definition) is 1. The van der Waals surface area contributed by atoms with Crippen molar-refractivity contribution >= 4 is 17.8 Å². The summed E-state index contributed by atoms with van der Waals surface area (Å²) in [4.78, 5) is 36.1. The molecule has 2 heterocycles. The minimum atomic E-state index is -1.01. The topological polar surface area (TPSA) is 92.5 Å². The molecule has 1 N–H and O–H groups in total. The molecule has 1 aliphatic carbocycles. The van der Waals surface area contributed by atoms with E-state index in [1.807, 2.05) is 0 Å². The zero-order chi connectivity index (χ0) is 12.0. The second kappa shape index (κ2) is 3.16. The number of carbonyl (C=O) groups is 3. The van der Waals surface area contributed by atoms with Gasteiger partial charge in [-0.05, 0) is 12.8 Å². The maximum atomic E-state index is 12.0. The first-order valence-electron chi connectivity index (χ1n) is 5.20. The van der Waals surface area contributed by atoms with E-state index in [4.69, 9.17) is 4.52 Å². The van der Waals surface area contributed by atoms with Crippen LogP contribution in [0.4, 0.5) is 4.79 Å². The maximum Gasteiger partial charge on any atom is 0.331 e. The molecule has 1 saturated heterocycles. The molecule has 2 aliphatic rings. The van der Waals surface area contributed by atoms with E-state index in [-0.39, 0.29) is 6.54 Å². The molecule has 17 heavy (non-hydrogen) atoms. The van der Waals surface area contributed by atoms with Crippen molar-refractivity contribution in [3.05, 3.63) is 18.0 Å². The van der Waals surface area contributed by atoms with Crippen molar-refractivity contribution in [2.45, 2.75) is 19.4 Å². The predicted molar refractivity (Wildman–Crippen MR) is 52.3 cm³/mol. The minimum absolute atomic E-state index is 0.000301. The van der Waals surface area contributed by atoms with Gasteiger partial charge in [-0.3, -0.25) is 19.8 Å². The minimum Gasteiger partial charge on any atom is -0.359 e. The molecule has 88 valence electrons. The van der Waals surface area contributed by atoms with E-state index in [1.165, 1.54) is 6.20 Å². The normalized spacial score (nSPS) is 21.9. The van der Waals surface area contributed by atoms with Gasteiger partial charge in [0, 0.05) is 6.07 Å². The molecule has 2 fully saturated rings. The Morgan fingerprint density at radius 1 is 1.41 bits per heavy atom. The Bertz CT molecular complexity index is 504. The zero-order valence-electron chi connectivity index (χ0n) is 8.80. The fourth-order valence-electron chi connectivity index (χ4n) is 1.92. The van der Waals surface area contributed by atoms with Crippen molar-refractivity contribution in [1.29, 1.82) is 0 Å². The Kier molecular flexibility index (Phi) is 1.86. The lowest BCUT2D eigenvalue weighted by Gasteiger charge is -2.29. The molecule has 4 amide bonds. The lowest BCUT2D eigenvalue weighted by atomic mass is 10.0. The van der Waals surface area contributed by atoms with Crippen LogP contribution < -0.4 is 5.32 Å². The third-order valence-electron chi connectivity index (χ3n) is 3.11. The third-order valence-corrected chi connectivity index (χ3v) is 3.11. The number of urea groups is 1. The van der Waals surface area contributed by atoms with Crippen molar-refractivity contribution < 1.29 is 18.9 Å².